The lowest BCUT2D eigenvalue weighted by Gasteiger charge is -2.29. The summed E-state index contributed by atoms with van der Waals surface area (Å²) in [6.07, 6.45) is 4.80. The third kappa shape index (κ3) is 6.87. The minimum Gasteiger partial charge on any atom is -0.367 e. The van der Waals surface area contributed by atoms with Crippen LogP contribution in [0.5, 0.6) is 0 Å². The molecular weight excluding hydrogens is 387 g/mol. The van der Waals surface area contributed by atoms with Gasteiger partial charge in [0.25, 0.3) is 0 Å². The van der Waals surface area contributed by atoms with Crippen molar-refractivity contribution in [2.75, 3.05) is 13.7 Å². The van der Waals surface area contributed by atoms with Gasteiger partial charge in [-0.15, -0.1) is 0 Å². The molecule has 5 N–H and O–H groups in total. The number of carbonyl (C=O) groups is 1. The monoisotopic (exact) mass is 426 g/mol. The van der Waals surface area contributed by atoms with Crippen LogP contribution >= 0.6 is 0 Å². The van der Waals surface area contributed by atoms with E-state index in [9.17, 15) is 9.18 Å². The Morgan fingerprint density at radius 1 is 1.10 bits per heavy atom. The first kappa shape index (κ1) is 23.4. The predicted molar refractivity (Wildman–Crippen MR) is 115 cm³/mol. The van der Waals surface area contributed by atoms with E-state index in [-0.39, 0.29) is 35.8 Å². The zero-order chi connectivity index (χ0) is 21.7. The molecule has 1 saturated carbocycles. The molecule has 0 spiro atoms. The van der Waals surface area contributed by atoms with E-state index in [2.05, 4.69) is 26.8 Å². The highest BCUT2D eigenvalue weighted by Gasteiger charge is 2.34. The quantitative estimate of drug-likeness (QED) is 0.346. The van der Waals surface area contributed by atoms with Gasteiger partial charge in [-0.2, -0.15) is 0 Å². The summed E-state index contributed by atoms with van der Waals surface area (Å²) in [7, 11) is 1.68. The second kappa shape index (κ2) is 10.3. The lowest BCUT2D eigenvalue weighted by Crippen LogP contribution is -2.53. The number of halogens is 1. The number of guanidine groups is 1. The largest absolute Gasteiger partial charge is 0.367 e. The second-order valence-corrected chi connectivity index (χ2v) is 9.91. The number of hydrogen-bond acceptors (Lipinski definition) is 6. The summed E-state index contributed by atoms with van der Waals surface area (Å²) >= 11 is 0. The fraction of sp³-hybridized carbons (Fsp3) is 0.905. The first-order chi connectivity index (χ1) is 14.2. The summed E-state index contributed by atoms with van der Waals surface area (Å²) < 4.78 is 18.8. The number of methoxy groups -OCH3 is 1. The Kier molecular flexibility index (Phi) is 8.06. The van der Waals surface area contributed by atoms with Crippen molar-refractivity contribution in [1.29, 1.82) is 0 Å². The van der Waals surface area contributed by atoms with Gasteiger partial charge in [-0.05, 0) is 65.2 Å². The van der Waals surface area contributed by atoms with Crippen molar-refractivity contribution < 1.29 is 13.9 Å². The average Bonchev–Trinajstić information content (AvgIpc) is 3.15. The van der Waals surface area contributed by atoms with Crippen molar-refractivity contribution in [2.24, 2.45) is 16.8 Å². The molecule has 1 amide bonds. The Bertz CT molecular complexity index is 595. The molecule has 0 bridgehead atoms. The lowest BCUT2D eigenvalue weighted by molar-refractivity contribution is -0.125. The number of hydrogen-bond donors (Lipinski definition) is 5. The molecule has 3 rings (SSSR count). The molecule has 30 heavy (non-hydrogen) atoms. The molecule has 2 aliphatic heterocycles. The van der Waals surface area contributed by atoms with Crippen LogP contribution in [0.3, 0.4) is 0 Å². The third-order valence-electron chi connectivity index (χ3n) is 6.23. The first-order valence-corrected chi connectivity index (χ1v) is 11.3. The summed E-state index contributed by atoms with van der Waals surface area (Å²) in [5.41, 5.74) is 6.36. The fourth-order valence-electron chi connectivity index (χ4n) is 4.52. The first-order valence-electron chi connectivity index (χ1n) is 11.3. The van der Waals surface area contributed by atoms with Gasteiger partial charge in [0.2, 0.25) is 5.91 Å². The second-order valence-electron chi connectivity index (χ2n) is 9.91. The Balaban J connectivity index is 1.58. The van der Waals surface area contributed by atoms with Crippen molar-refractivity contribution >= 4 is 11.9 Å². The summed E-state index contributed by atoms with van der Waals surface area (Å²) in [5.74, 6) is 0.826. The van der Waals surface area contributed by atoms with Crippen molar-refractivity contribution in [1.82, 2.24) is 26.8 Å². The van der Waals surface area contributed by atoms with Crippen molar-refractivity contribution in [3.8, 4) is 0 Å². The van der Waals surface area contributed by atoms with Crippen LogP contribution in [0.25, 0.3) is 0 Å². The van der Waals surface area contributed by atoms with Gasteiger partial charge in [-0.3, -0.25) is 20.9 Å². The highest BCUT2D eigenvalue weighted by molar-refractivity contribution is 5.98. The normalized spacial score (nSPS) is 35.8. The average molecular weight is 427 g/mol. The highest BCUT2D eigenvalue weighted by Crippen LogP contribution is 2.31. The van der Waals surface area contributed by atoms with E-state index in [1.165, 1.54) is 0 Å². The minimum atomic E-state index is -0.643. The van der Waals surface area contributed by atoms with Crippen molar-refractivity contribution in [2.45, 2.75) is 95.9 Å². The molecule has 0 aromatic carbocycles. The number of alkyl halides is 1. The van der Waals surface area contributed by atoms with E-state index >= 15 is 0 Å². The van der Waals surface area contributed by atoms with E-state index < -0.39 is 6.17 Å². The van der Waals surface area contributed by atoms with Crippen molar-refractivity contribution in [3.05, 3.63) is 0 Å². The number of carbonyl (C=O) groups excluding carboxylic acids is 1. The SMILES string of the molecule is COC1CCC(C(=O)N/C(=N/C2CC(C3CCC(F)CC3)NN2)NC(C)(C)C)CN1. The topological polar surface area (TPSA) is 98.8 Å². The number of ether oxygens (including phenoxy) is 1. The molecule has 2 saturated heterocycles. The summed E-state index contributed by atoms with van der Waals surface area (Å²) in [6.45, 7) is 6.71. The van der Waals surface area contributed by atoms with Crippen LogP contribution < -0.4 is 26.8 Å². The maximum absolute atomic E-state index is 13.4. The molecule has 9 heteroatoms. The minimum absolute atomic E-state index is 0.0213. The Morgan fingerprint density at radius 2 is 1.83 bits per heavy atom. The number of nitrogens with one attached hydrogen (secondary N) is 5. The number of rotatable bonds is 4. The zero-order valence-corrected chi connectivity index (χ0v) is 18.8. The Labute approximate surface area is 179 Å². The van der Waals surface area contributed by atoms with Crippen LogP contribution in [0.2, 0.25) is 0 Å². The maximum atomic E-state index is 13.4. The summed E-state index contributed by atoms with van der Waals surface area (Å²) in [4.78, 5) is 17.6. The molecule has 0 radical (unpaired) electrons. The number of aliphatic imine (C=N–C) groups is 1. The summed E-state index contributed by atoms with van der Waals surface area (Å²) in [5, 5.41) is 9.58. The standard InChI is InChI=1S/C21H39FN6O2/c1-21(2,3)26-20(25-19(29)14-7-10-18(30-4)23-12-14)24-17-11-16(27-28-17)13-5-8-15(22)9-6-13/h13-18,23,27-28H,5-12H2,1-4H3,(H2,24,25,26,29). The molecule has 1 aliphatic carbocycles. The van der Waals surface area contributed by atoms with Crippen molar-refractivity contribution in [3.63, 3.8) is 0 Å². The number of hydrazine groups is 1. The Hall–Kier alpha value is -1.29. The molecule has 3 aliphatic rings. The van der Waals surface area contributed by atoms with E-state index in [1.54, 1.807) is 7.11 Å². The van der Waals surface area contributed by atoms with Gasteiger partial charge in [0, 0.05) is 31.7 Å². The predicted octanol–water partition coefficient (Wildman–Crippen LogP) is 1.54. The van der Waals surface area contributed by atoms with Crippen LogP contribution in [0.1, 0.15) is 65.7 Å². The molecule has 0 aromatic heterocycles. The van der Waals surface area contributed by atoms with Gasteiger partial charge in [-0.25, -0.2) is 14.8 Å². The maximum Gasteiger partial charge on any atom is 0.231 e. The molecule has 8 nitrogen and oxygen atoms in total. The van der Waals surface area contributed by atoms with Crippen LogP contribution in [0, 0.1) is 11.8 Å². The van der Waals surface area contributed by atoms with E-state index in [0.29, 0.717) is 31.3 Å². The van der Waals surface area contributed by atoms with Gasteiger partial charge < -0.3 is 10.1 Å². The number of piperidine rings is 1. The zero-order valence-electron chi connectivity index (χ0n) is 18.8. The Morgan fingerprint density at radius 3 is 2.43 bits per heavy atom. The highest BCUT2D eigenvalue weighted by atomic mass is 19.1. The fourth-order valence-corrected chi connectivity index (χ4v) is 4.52. The van der Waals surface area contributed by atoms with Gasteiger partial charge in [-0.1, -0.05) is 0 Å². The van der Waals surface area contributed by atoms with E-state index in [0.717, 1.165) is 32.1 Å². The lowest BCUT2D eigenvalue weighted by atomic mass is 9.82. The molecule has 3 fully saturated rings. The summed E-state index contributed by atoms with van der Waals surface area (Å²) in [6, 6.07) is 0.284. The third-order valence-corrected chi connectivity index (χ3v) is 6.23. The van der Waals surface area contributed by atoms with Crippen LogP contribution in [0.15, 0.2) is 4.99 Å². The number of nitrogens with zero attached hydrogens (tertiary/aromatic N) is 1. The van der Waals surface area contributed by atoms with Gasteiger partial charge >= 0.3 is 0 Å². The molecule has 2 heterocycles. The van der Waals surface area contributed by atoms with Gasteiger partial charge in [0.05, 0.1) is 5.92 Å². The van der Waals surface area contributed by atoms with E-state index in [1.807, 2.05) is 20.8 Å². The molecule has 172 valence electrons. The van der Waals surface area contributed by atoms with E-state index in [4.69, 9.17) is 9.73 Å². The molecule has 0 aromatic rings. The van der Waals surface area contributed by atoms with Crippen LogP contribution in [-0.2, 0) is 9.53 Å². The van der Waals surface area contributed by atoms with Crippen LogP contribution in [0.4, 0.5) is 4.39 Å². The number of amides is 1. The van der Waals surface area contributed by atoms with Crippen LogP contribution in [-0.4, -0.2) is 55.7 Å². The smallest absolute Gasteiger partial charge is 0.231 e. The molecular formula is C21H39FN6O2. The van der Waals surface area contributed by atoms with Gasteiger partial charge in [0.15, 0.2) is 5.96 Å². The van der Waals surface area contributed by atoms with Gasteiger partial charge in [0.1, 0.15) is 18.6 Å². The molecule has 4 unspecified atom stereocenters. The molecule has 4 atom stereocenters.